The topological polar surface area (TPSA) is 114 Å². The second-order valence-corrected chi connectivity index (χ2v) is 9.29. The summed E-state index contributed by atoms with van der Waals surface area (Å²) in [7, 11) is 1.49. The third-order valence-corrected chi connectivity index (χ3v) is 5.91. The molecule has 0 bridgehead atoms. The van der Waals surface area contributed by atoms with Crippen molar-refractivity contribution in [2.75, 3.05) is 26.9 Å². The van der Waals surface area contributed by atoms with Crippen LogP contribution in [0.3, 0.4) is 0 Å². The van der Waals surface area contributed by atoms with Gasteiger partial charge in [-0.2, -0.15) is 0 Å². The van der Waals surface area contributed by atoms with Crippen molar-refractivity contribution in [1.29, 1.82) is 0 Å². The zero-order valence-electron chi connectivity index (χ0n) is 25.1. The van der Waals surface area contributed by atoms with Gasteiger partial charge in [-0.1, -0.05) is 50.8 Å². The van der Waals surface area contributed by atoms with Crippen LogP contribution in [-0.4, -0.2) is 57.2 Å². The Kier molecular flexibility index (Phi) is 16.0. The molecule has 0 spiro atoms. The summed E-state index contributed by atoms with van der Waals surface area (Å²) in [5, 5.41) is 0. The Balaban J connectivity index is 0.00000159. The van der Waals surface area contributed by atoms with E-state index >= 15 is 0 Å². The molecule has 0 amide bonds. The van der Waals surface area contributed by atoms with E-state index in [0.717, 1.165) is 24.5 Å². The molecule has 0 saturated heterocycles. The van der Waals surface area contributed by atoms with Crippen molar-refractivity contribution in [2.24, 2.45) is 0 Å². The highest BCUT2D eigenvalue weighted by atomic mass is 16.6. The zero-order chi connectivity index (χ0) is 32.2. The van der Waals surface area contributed by atoms with Gasteiger partial charge in [-0.3, -0.25) is 4.79 Å². The Bertz CT molecular complexity index is 1340. The zero-order valence-corrected chi connectivity index (χ0v) is 25.1. The fourth-order valence-electron chi connectivity index (χ4n) is 3.72. The lowest BCUT2D eigenvalue weighted by atomic mass is 10.1. The second-order valence-electron chi connectivity index (χ2n) is 9.29. The first kappa shape index (κ1) is 35.2. The van der Waals surface area contributed by atoms with E-state index in [-0.39, 0.29) is 25.8 Å². The SMILES string of the molecule is C=CC(=O)OC(COC)COc1ccc(C(=O)Oc2ccc(CCOC(=O)c3ccc(CCC)cc3)cc2)cc1.C=CC=O. The summed E-state index contributed by atoms with van der Waals surface area (Å²) >= 11 is 0. The van der Waals surface area contributed by atoms with Gasteiger partial charge in [0.25, 0.3) is 0 Å². The number of rotatable bonds is 16. The largest absolute Gasteiger partial charge is 0.490 e. The summed E-state index contributed by atoms with van der Waals surface area (Å²) in [6.07, 6.45) is 4.88. The van der Waals surface area contributed by atoms with E-state index in [1.807, 2.05) is 24.3 Å². The van der Waals surface area contributed by atoms with Crippen molar-refractivity contribution in [3.8, 4) is 11.5 Å². The van der Waals surface area contributed by atoms with Gasteiger partial charge in [-0.05, 0) is 72.2 Å². The molecule has 9 nitrogen and oxygen atoms in total. The number of esters is 3. The van der Waals surface area contributed by atoms with Crippen LogP contribution in [0.1, 0.15) is 45.2 Å². The molecule has 1 unspecified atom stereocenters. The molecule has 0 N–H and O–H groups in total. The van der Waals surface area contributed by atoms with Gasteiger partial charge in [0.2, 0.25) is 0 Å². The summed E-state index contributed by atoms with van der Waals surface area (Å²) in [4.78, 5) is 45.3. The summed E-state index contributed by atoms with van der Waals surface area (Å²) < 4.78 is 26.7. The lowest BCUT2D eigenvalue weighted by molar-refractivity contribution is -0.147. The minimum Gasteiger partial charge on any atom is -0.490 e. The molecule has 1 atom stereocenters. The van der Waals surface area contributed by atoms with Gasteiger partial charge in [0.05, 0.1) is 24.3 Å². The van der Waals surface area contributed by atoms with Crippen LogP contribution in [0.4, 0.5) is 0 Å². The molecular formula is C35H38O9. The number of benzene rings is 3. The highest BCUT2D eigenvalue weighted by Crippen LogP contribution is 2.18. The van der Waals surface area contributed by atoms with Gasteiger partial charge in [-0.25, -0.2) is 14.4 Å². The Morgan fingerprint density at radius 2 is 1.32 bits per heavy atom. The van der Waals surface area contributed by atoms with E-state index in [4.69, 9.17) is 28.5 Å². The quantitative estimate of drug-likeness (QED) is 0.0875. The molecule has 44 heavy (non-hydrogen) atoms. The van der Waals surface area contributed by atoms with Crippen molar-refractivity contribution < 1.29 is 42.9 Å². The fourth-order valence-corrected chi connectivity index (χ4v) is 3.72. The molecule has 3 aromatic carbocycles. The number of carbonyl (C=O) groups is 4. The smallest absolute Gasteiger partial charge is 0.343 e. The van der Waals surface area contributed by atoms with Crippen LogP contribution in [0.2, 0.25) is 0 Å². The fraction of sp³-hybridized carbons (Fsp3) is 0.257. The standard InChI is InChI=1S/C32H34O8.C3H4O/c1-4-6-23-7-11-25(12-8-23)31(34)37-20-19-24-9-15-28(16-10-24)40-32(35)26-13-17-27(18-14-26)38-22-29(21-36-3)39-30(33)5-2;1-2-3-4/h5,7-18,29H,2,4,6,19-22H2,1,3H3;2-3H,1H2. The number of ether oxygens (including phenoxy) is 5. The molecule has 0 aliphatic heterocycles. The predicted molar refractivity (Wildman–Crippen MR) is 166 cm³/mol. The molecule has 0 saturated carbocycles. The van der Waals surface area contributed by atoms with Crippen LogP contribution in [0.15, 0.2) is 98.1 Å². The Labute approximate surface area is 258 Å². The van der Waals surface area contributed by atoms with Crippen molar-refractivity contribution in [3.05, 3.63) is 120 Å². The number of carbonyl (C=O) groups excluding carboxylic acids is 4. The first-order chi connectivity index (χ1) is 21.3. The first-order valence-electron chi connectivity index (χ1n) is 14.0. The van der Waals surface area contributed by atoms with Crippen LogP contribution in [-0.2, 0) is 36.6 Å². The number of hydrogen-bond donors (Lipinski definition) is 0. The van der Waals surface area contributed by atoms with Gasteiger partial charge in [0, 0.05) is 19.6 Å². The number of aryl methyl sites for hydroxylation is 1. The van der Waals surface area contributed by atoms with Gasteiger partial charge in [0.1, 0.15) is 24.4 Å². The molecule has 0 aliphatic carbocycles. The molecule has 0 radical (unpaired) electrons. The van der Waals surface area contributed by atoms with Crippen LogP contribution in [0.25, 0.3) is 0 Å². The Morgan fingerprint density at radius 1 is 0.773 bits per heavy atom. The van der Waals surface area contributed by atoms with Crippen LogP contribution in [0.5, 0.6) is 11.5 Å². The number of allylic oxidation sites excluding steroid dienone is 1. The van der Waals surface area contributed by atoms with Gasteiger partial charge in [-0.15, -0.1) is 0 Å². The van der Waals surface area contributed by atoms with Gasteiger partial charge >= 0.3 is 17.9 Å². The number of methoxy groups -OCH3 is 1. The van der Waals surface area contributed by atoms with Crippen LogP contribution < -0.4 is 9.47 Å². The van der Waals surface area contributed by atoms with Crippen LogP contribution in [0, 0.1) is 0 Å². The van der Waals surface area contributed by atoms with E-state index in [2.05, 4.69) is 20.1 Å². The van der Waals surface area contributed by atoms with Crippen molar-refractivity contribution in [2.45, 2.75) is 32.3 Å². The molecular weight excluding hydrogens is 564 g/mol. The lowest BCUT2D eigenvalue weighted by Gasteiger charge is -2.17. The summed E-state index contributed by atoms with van der Waals surface area (Å²) in [6, 6.07) is 20.9. The minimum atomic E-state index is -0.599. The van der Waals surface area contributed by atoms with E-state index in [9.17, 15) is 14.4 Å². The first-order valence-corrected chi connectivity index (χ1v) is 14.0. The van der Waals surface area contributed by atoms with E-state index < -0.39 is 18.0 Å². The average Bonchev–Trinajstić information content (AvgIpc) is 3.05. The lowest BCUT2D eigenvalue weighted by Crippen LogP contribution is -2.28. The van der Waals surface area contributed by atoms with Crippen molar-refractivity contribution in [3.63, 3.8) is 0 Å². The molecule has 3 aromatic rings. The molecule has 232 valence electrons. The average molecular weight is 603 g/mol. The molecule has 0 fully saturated rings. The number of aldehydes is 1. The monoisotopic (exact) mass is 602 g/mol. The Hall–Kier alpha value is -5.02. The maximum Gasteiger partial charge on any atom is 0.343 e. The van der Waals surface area contributed by atoms with Crippen molar-refractivity contribution in [1.82, 2.24) is 0 Å². The molecule has 3 rings (SSSR count). The highest BCUT2D eigenvalue weighted by Gasteiger charge is 2.15. The van der Waals surface area contributed by atoms with Crippen molar-refractivity contribution >= 4 is 24.2 Å². The van der Waals surface area contributed by atoms with E-state index in [1.54, 1.807) is 48.5 Å². The van der Waals surface area contributed by atoms with E-state index in [1.165, 1.54) is 18.7 Å². The van der Waals surface area contributed by atoms with Gasteiger partial charge in [0.15, 0.2) is 6.10 Å². The molecule has 0 aliphatic rings. The molecule has 0 aromatic heterocycles. The van der Waals surface area contributed by atoms with Gasteiger partial charge < -0.3 is 23.7 Å². The maximum atomic E-state index is 12.6. The normalized spacial score (nSPS) is 10.7. The third kappa shape index (κ3) is 12.9. The molecule has 0 heterocycles. The summed E-state index contributed by atoms with van der Waals surface area (Å²) in [6.45, 7) is 9.08. The predicted octanol–water partition coefficient (Wildman–Crippen LogP) is 5.75. The number of hydrogen-bond acceptors (Lipinski definition) is 9. The maximum absolute atomic E-state index is 12.6. The minimum absolute atomic E-state index is 0.0783. The van der Waals surface area contributed by atoms with E-state index in [0.29, 0.717) is 35.3 Å². The Morgan fingerprint density at radius 3 is 1.89 bits per heavy atom. The molecule has 9 heteroatoms. The summed E-state index contributed by atoms with van der Waals surface area (Å²) in [5.74, 6) is -0.550. The third-order valence-electron chi connectivity index (χ3n) is 5.91. The highest BCUT2D eigenvalue weighted by molar-refractivity contribution is 5.91. The second kappa shape index (κ2) is 20.0. The summed E-state index contributed by atoms with van der Waals surface area (Å²) in [5.41, 5.74) is 3.02. The van der Waals surface area contributed by atoms with Crippen LogP contribution >= 0.6 is 0 Å².